The van der Waals surface area contributed by atoms with Crippen LogP contribution in [0.2, 0.25) is 0 Å². The summed E-state index contributed by atoms with van der Waals surface area (Å²) >= 11 is 0. The molecule has 0 heterocycles. The van der Waals surface area contributed by atoms with Gasteiger partial charge in [0.15, 0.2) is 0 Å². The minimum Gasteiger partial charge on any atom is -0.402 e. The van der Waals surface area contributed by atoms with Gasteiger partial charge in [-0.05, 0) is 31.3 Å². The number of aliphatic hydroxyl groups is 1. The SMILES string of the molecule is NC1=C(C(N)CO)CCCC1. The van der Waals surface area contributed by atoms with Crippen LogP contribution >= 0.6 is 0 Å². The molecule has 1 aliphatic carbocycles. The number of hydrogen-bond acceptors (Lipinski definition) is 3. The van der Waals surface area contributed by atoms with Gasteiger partial charge in [-0.3, -0.25) is 0 Å². The van der Waals surface area contributed by atoms with Crippen molar-refractivity contribution in [1.82, 2.24) is 0 Å². The molecule has 0 saturated carbocycles. The van der Waals surface area contributed by atoms with Crippen LogP contribution in [0, 0.1) is 0 Å². The van der Waals surface area contributed by atoms with E-state index in [4.69, 9.17) is 16.6 Å². The maximum absolute atomic E-state index is 8.79. The molecular weight excluding hydrogens is 140 g/mol. The van der Waals surface area contributed by atoms with Crippen molar-refractivity contribution in [2.75, 3.05) is 6.61 Å². The highest BCUT2D eigenvalue weighted by Gasteiger charge is 2.15. The number of hydrogen-bond donors (Lipinski definition) is 3. The van der Waals surface area contributed by atoms with Gasteiger partial charge in [0.2, 0.25) is 0 Å². The summed E-state index contributed by atoms with van der Waals surface area (Å²) in [6.07, 6.45) is 4.23. The van der Waals surface area contributed by atoms with Crippen molar-refractivity contribution in [3.8, 4) is 0 Å². The van der Waals surface area contributed by atoms with E-state index in [1.54, 1.807) is 0 Å². The summed E-state index contributed by atoms with van der Waals surface area (Å²) in [5.74, 6) is 0. The monoisotopic (exact) mass is 156 g/mol. The zero-order valence-corrected chi connectivity index (χ0v) is 6.71. The molecule has 0 amide bonds. The Morgan fingerprint density at radius 3 is 2.55 bits per heavy atom. The summed E-state index contributed by atoms with van der Waals surface area (Å²) in [4.78, 5) is 0. The molecule has 5 N–H and O–H groups in total. The van der Waals surface area contributed by atoms with Gasteiger partial charge >= 0.3 is 0 Å². The second-order valence-electron chi connectivity index (χ2n) is 3.05. The van der Waals surface area contributed by atoms with Gasteiger partial charge in [0.1, 0.15) is 0 Å². The summed E-state index contributed by atoms with van der Waals surface area (Å²) in [6.45, 7) is 0.00995. The first-order valence-corrected chi connectivity index (χ1v) is 4.09. The Bertz CT molecular complexity index is 165. The Kier molecular flexibility index (Phi) is 2.91. The van der Waals surface area contributed by atoms with E-state index in [2.05, 4.69) is 0 Å². The van der Waals surface area contributed by atoms with E-state index >= 15 is 0 Å². The lowest BCUT2D eigenvalue weighted by Crippen LogP contribution is -2.30. The Hall–Kier alpha value is -0.540. The van der Waals surface area contributed by atoms with Gasteiger partial charge in [0, 0.05) is 5.70 Å². The third-order valence-corrected chi connectivity index (χ3v) is 2.20. The average Bonchev–Trinajstić information content (AvgIpc) is 2.04. The zero-order valence-electron chi connectivity index (χ0n) is 6.71. The van der Waals surface area contributed by atoms with Crippen molar-refractivity contribution < 1.29 is 5.11 Å². The fraction of sp³-hybridized carbons (Fsp3) is 0.750. The third kappa shape index (κ3) is 1.94. The minimum absolute atomic E-state index is 0.00995. The van der Waals surface area contributed by atoms with Gasteiger partial charge in [-0.25, -0.2) is 0 Å². The molecule has 0 fully saturated rings. The van der Waals surface area contributed by atoms with Crippen LogP contribution in [0.1, 0.15) is 25.7 Å². The van der Waals surface area contributed by atoms with Gasteiger partial charge in [-0.2, -0.15) is 0 Å². The standard InChI is InChI=1S/C8H16N2O/c9-7-4-2-1-3-6(7)8(10)5-11/h8,11H,1-5,9-10H2. The Balaban J connectivity index is 2.65. The molecule has 1 unspecified atom stereocenters. The Morgan fingerprint density at radius 1 is 1.36 bits per heavy atom. The molecule has 64 valence electrons. The van der Waals surface area contributed by atoms with Gasteiger partial charge in [-0.15, -0.1) is 0 Å². The Labute approximate surface area is 67.1 Å². The molecule has 1 atom stereocenters. The van der Waals surface area contributed by atoms with Gasteiger partial charge < -0.3 is 16.6 Å². The van der Waals surface area contributed by atoms with E-state index in [0.717, 1.165) is 37.0 Å². The van der Waals surface area contributed by atoms with Crippen molar-refractivity contribution in [2.45, 2.75) is 31.7 Å². The molecule has 3 heteroatoms. The molecule has 1 rings (SSSR count). The molecule has 0 aromatic rings. The minimum atomic E-state index is -0.227. The van der Waals surface area contributed by atoms with Crippen molar-refractivity contribution in [2.24, 2.45) is 11.5 Å². The van der Waals surface area contributed by atoms with Crippen LogP contribution < -0.4 is 11.5 Å². The van der Waals surface area contributed by atoms with Gasteiger partial charge in [0.25, 0.3) is 0 Å². The highest BCUT2D eigenvalue weighted by atomic mass is 16.3. The summed E-state index contributed by atoms with van der Waals surface area (Å²) in [5, 5.41) is 8.79. The van der Waals surface area contributed by atoms with Crippen LogP contribution in [0.3, 0.4) is 0 Å². The van der Waals surface area contributed by atoms with Crippen molar-refractivity contribution in [3.63, 3.8) is 0 Å². The molecule has 0 aliphatic heterocycles. The first-order chi connectivity index (χ1) is 5.25. The van der Waals surface area contributed by atoms with Crippen molar-refractivity contribution >= 4 is 0 Å². The second kappa shape index (κ2) is 3.74. The maximum Gasteiger partial charge on any atom is 0.0621 e. The molecule has 0 aromatic carbocycles. The van der Waals surface area contributed by atoms with Crippen LogP contribution in [0.25, 0.3) is 0 Å². The van der Waals surface area contributed by atoms with E-state index < -0.39 is 0 Å². The number of nitrogens with two attached hydrogens (primary N) is 2. The van der Waals surface area contributed by atoms with Crippen molar-refractivity contribution in [3.05, 3.63) is 11.3 Å². The summed E-state index contributed by atoms with van der Waals surface area (Å²) in [5.41, 5.74) is 13.4. The highest BCUT2D eigenvalue weighted by molar-refractivity contribution is 5.19. The predicted molar refractivity (Wildman–Crippen MR) is 44.7 cm³/mol. The van der Waals surface area contributed by atoms with E-state index in [1.807, 2.05) is 0 Å². The van der Waals surface area contributed by atoms with E-state index in [9.17, 15) is 0 Å². The van der Waals surface area contributed by atoms with E-state index in [-0.39, 0.29) is 12.6 Å². The largest absolute Gasteiger partial charge is 0.402 e. The normalized spacial score (nSPS) is 22.0. The Morgan fingerprint density at radius 2 is 2.00 bits per heavy atom. The molecule has 0 aromatic heterocycles. The van der Waals surface area contributed by atoms with Crippen LogP contribution in [0.4, 0.5) is 0 Å². The molecule has 11 heavy (non-hydrogen) atoms. The molecule has 1 aliphatic rings. The van der Waals surface area contributed by atoms with E-state index in [0.29, 0.717) is 0 Å². The van der Waals surface area contributed by atoms with Crippen LogP contribution in [0.5, 0.6) is 0 Å². The molecule has 0 bridgehead atoms. The van der Waals surface area contributed by atoms with Crippen LogP contribution in [-0.2, 0) is 0 Å². The zero-order chi connectivity index (χ0) is 8.27. The van der Waals surface area contributed by atoms with Crippen molar-refractivity contribution in [1.29, 1.82) is 0 Å². The smallest absolute Gasteiger partial charge is 0.0621 e. The molecule has 0 saturated heterocycles. The fourth-order valence-corrected chi connectivity index (χ4v) is 1.49. The number of rotatable bonds is 2. The maximum atomic E-state index is 8.79. The van der Waals surface area contributed by atoms with Gasteiger partial charge in [0.05, 0.1) is 12.6 Å². The third-order valence-electron chi connectivity index (χ3n) is 2.20. The lowest BCUT2D eigenvalue weighted by molar-refractivity contribution is 0.275. The summed E-state index contributed by atoms with van der Waals surface area (Å²) in [6, 6.07) is -0.227. The summed E-state index contributed by atoms with van der Waals surface area (Å²) in [7, 11) is 0. The topological polar surface area (TPSA) is 72.3 Å². The summed E-state index contributed by atoms with van der Waals surface area (Å²) < 4.78 is 0. The molecule has 0 radical (unpaired) electrons. The van der Waals surface area contributed by atoms with E-state index in [1.165, 1.54) is 0 Å². The van der Waals surface area contributed by atoms with Crippen LogP contribution in [-0.4, -0.2) is 17.8 Å². The predicted octanol–water partition coefficient (Wildman–Crippen LogP) is 0.0928. The number of allylic oxidation sites excluding steroid dienone is 1. The fourth-order valence-electron chi connectivity index (χ4n) is 1.49. The lowest BCUT2D eigenvalue weighted by Gasteiger charge is -2.21. The first kappa shape index (κ1) is 8.56. The lowest BCUT2D eigenvalue weighted by atomic mass is 9.92. The highest BCUT2D eigenvalue weighted by Crippen LogP contribution is 2.22. The van der Waals surface area contributed by atoms with Crippen LogP contribution in [0.15, 0.2) is 11.3 Å². The molecule has 0 spiro atoms. The molecule has 3 nitrogen and oxygen atoms in total. The van der Waals surface area contributed by atoms with Gasteiger partial charge in [-0.1, -0.05) is 0 Å². The average molecular weight is 156 g/mol. The number of aliphatic hydroxyl groups excluding tert-OH is 1. The molecular formula is C8H16N2O. The quantitative estimate of drug-likeness (QED) is 0.530. The second-order valence-corrected chi connectivity index (χ2v) is 3.05. The first-order valence-electron chi connectivity index (χ1n) is 4.09.